The zero-order chi connectivity index (χ0) is 14.5. The van der Waals surface area contributed by atoms with Crippen LogP contribution >= 0.6 is 0 Å². The molecule has 0 aliphatic carbocycles. The number of hydrogen-bond donors (Lipinski definition) is 2. The maximum atomic E-state index is 11.9. The van der Waals surface area contributed by atoms with Crippen LogP contribution in [0.1, 0.15) is 32.6 Å². The van der Waals surface area contributed by atoms with Crippen LogP contribution in [0.15, 0.2) is 18.2 Å². The molecule has 1 aliphatic heterocycles. The molecule has 0 spiro atoms. The number of nitrogens with one attached hydrogen (secondary N) is 1. The van der Waals surface area contributed by atoms with Crippen LogP contribution in [0.5, 0.6) is 5.75 Å². The van der Waals surface area contributed by atoms with Crippen molar-refractivity contribution in [2.24, 2.45) is 0 Å². The fourth-order valence-electron chi connectivity index (χ4n) is 2.43. The molecule has 110 valence electrons. The van der Waals surface area contributed by atoms with Crippen molar-refractivity contribution in [3.63, 3.8) is 0 Å². The van der Waals surface area contributed by atoms with Crippen molar-refractivity contribution in [3.05, 3.63) is 18.2 Å². The molecule has 0 radical (unpaired) electrons. The van der Waals surface area contributed by atoms with Crippen molar-refractivity contribution in [1.29, 1.82) is 0 Å². The van der Waals surface area contributed by atoms with Gasteiger partial charge in [0.05, 0.1) is 25.0 Å². The third kappa shape index (κ3) is 3.87. The second-order valence-electron chi connectivity index (χ2n) is 5.19. The van der Waals surface area contributed by atoms with Crippen molar-refractivity contribution in [1.82, 2.24) is 0 Å². The van der Waals surface area contributed by atoms with E-state index in [9.17, 15) is 4.79 Å². The second kappa shape index (κ2) is 6.61. The van der Waals surface area contributed by atoms with Crippen LogP contribution in [0.3, 0.4) is 0 Å². The average molecular weight is 278 g/mol. The van der Waals surface area contributed by atoms with Crippen molar-refractivity contribution in [3.8, 4) is 5.75 Å². The van der Waals surface area contributed by atoms with E-state index in [1.807, 2.05) is 0 Å². The summed E-state index contributed by atoms with van der Waals surface area (Å²) in [7, 11) is 1.56. The molecule has 1 saturated heterocycles. The van der Waals surface area contributed by atoms with E-state index in [4.69, 9.17) is 15.2 Å². The van der Waals surface area contributed by atoms with E-state index in [0.717, 1.165) is 19.3 Å². The molecule has 5 nitrogen and oxygen atoms in total. The highest BCUT2D eigenvalue weighted by Gasteiger charge is 2.22. The number of benzene rings is 1. The summed E-state index contributed by atoms with van der Waals surface area (Å²) < 4.78 is 10.8. The van der Waals surface area contributed by atoms with Crippen LogP contribution in [0.4, 0.5) is 11.4 Å². The van der Waals surface area contributed by atoms with Crippen molar-refractivity contribution >= 4 is 17.3 Å². The van der Waals surface area contributed by atoms with E-state index in [1.54, 1.807) is 25.3 Å². The SMILES string of the molecule is COc1ccc(NC(=O)CCC2CCC(C)O2)cc1N. The van der Waals surface area contributed by atoms with Gasteiger partial charge in [0.1, 0.15) is 5.75 Å². The van der Waals surface area contributed by atoms with Gasteiger partial charge in [0.2, 0.25) is 5.91 Å². The Bertz CT molecular complexity index is 476. The topological polar surface area (TPSA) is 73.6 Å². The van der Waals surface area contributed by atoms with E-state index >= 15 is 0 Å². The number of ether oxygens (including phenoxy) is 2. The van der Waals surface area contributed by atoms with Crippen molar-refractivity contribution in [2.75, 3.05) is 18.2 Å². The molecule has 0 aromatic heterocycles. The lowest BCUT2D eigenvalue weighted by atomic mass is 10.1. The summed E-state index contributed by atoms with van der Waals surface area (Å²) in [5, 5.41) is 2.84. The zero-order valence-corrected chi connectivity index (χ0v) is 12.0. The summed E-state index contributed by atoms with van der Waals surface area (Å²) in [4.78, 5) is 11.9. The van der Waals surface area contributed by atoms with Gasteiger partial charge in [-0.3, -0.25) is 4.79 Å². The number of amides is 1. The molecular weight excluding hydrogens is 256 g/mol. The molecule has 1 heterocycles. The summed E-state index contributed by atoms with van der Waals surface area (Å²) >= 11 is 0. The lowest BCUT2D eigenvalue weighted by molar-refractivity contribution is -0.116. The Labute approximate surface area is 119 Å². The van der Waals surface area contributed by atoms with Crippen LogP contribution in [-0.4, -0.2) is 25.2 Å². The third-order valence-corrected chi connectivity index (χ3v) is 3.53. The van der Waals surface area contributed by atoms with Gasteiger partial charge in [0.25, 0.3) is 0 Å². The first kappa shape index (κ1) is 14.7. The van der Waals surface area contributed by atoms with Gasteiger partial charge in [0, 0.05) is 12.1 Å². The predicted molar refractivity (Wildman–Crippen MR) is 78.8 cm³/mol. The molecule has 0 bridgehead atoms. The Morgan fingerprint density at radius 1 is 1.50 bits per heavy atom. The van der Waals surface area contributed by atoms with Crippen LogP contribution in [0.25, 0.3) is 0 Å². The molecule has 1 aromatic rings. The summed E-state index contributed by atoms with van der Waals surface area (Å²) in [6, 6.07) is 5.22. The first-order valence-corrected chi connectivity index (χ1v) is 6.97. The first-order chi connectivity index (χ1) is 9.58. The summed E-state index contributed by atoms with van der Waals surface area (Å²) in [6.45, 7) is 2.07. The minimum absolute atomic E-state index is 0.0160. The molecule has 1 amide bonds. The highest BCUT2D eigenvalue weighted by molar-refractivity contribution is 5.91. The average Bonchev–Trinajstić information content (AvgIpc) is 2.82. The van der Waals surface area contributed by atoms with Crippen LogP contribution in [0, 0.1) is 0 Å². The number of hydrogen-bond acceptors (Lipinski definition) is 4. The fourth-order valence-corrected chi connectivity index (χ4v) is 2.43. The van der Waals surface area contributed by atoms with E-state index in [2.05, 4.69) is 12.2 Å². The number of nitrogens with two attached hydrogens (primary N) is 1. The van der Waals surface area contributed by atoms with Gasteiger partial charge in [-0.1, -0.05) is 0 Å². The largest absolute Gasteiger partial charge is 0.495 e. The van der Waals surface area contributed by atoms with Gasteiger partial charge in [-0.25, -0.2) is 0 Å². The number of methoxy groups -OCH3 is 1. The molecule has 5 heteroatoms. The number of carbonyl (C=O) groups is 1. The number of nitrogen functional groups attached to an aromatic ring is 1. The van der Waals surface area contributed by atoms with Gasteiger partial charge < -0.3 is 20.5 Å². The molecule has 0 saturated carbocycles. The second-order valence-corrected chi connectivity index (χ2v) is 5.19. The third-order valence-electron chi connectivity index (χ3n) is 3.53. The molecular formula is C15H22N2O3. The maximum Gasteiger partial charge on any atom is 0.224 e. The smallest absolute Gasteiger partial charge is 0.224 e. The minimum atomic E-state index is -0.0160. The summed E-state index contributed by atoms with van der Waals surface area (Å²) in [5.74, 6) is 0.592. The molecule has 2 atom stereocenters. The molecule has 3 N–H and O–H groups in total. The molecule has 1 aliphatic rings. The molecule has 1 aromatic carbocycles. The van der Waals surface area contributed by atoms with E-state index in [1.165, 1.54) is 0 Å². The van der Waals surface area contributed by atoms with Crippen molar-refractivity contribution in [2.45, 2.75) is 44.8 Å². The van der Waals surface area contributed by atoms with E-state index in [-0.39, 0.29) is 12.0 Å². The maximum absolute atomic E-state index is 11.9. The van der Waals surface area contributed by atoms with Gasteiger partial charge >= 0.3 is 0 Å². The fraction of sp³-hybridized carbons (Fsp3) is 0.533. The molecule has 2 unspecified atom stereocenters. The van der Waals surface area contributed by atoms with E-state index in [0.29, 0.717) is 29.6 Å². The van der Waals surface area contributed by atoms with Gasteiger partial charge in [0.15, 0.2) is 0 Å². The lowest BCUT2D eigenvalue weighted by Gasteiger charge is -2.12. The molecule has 1 fully saturated rings. The monoisotopic (exact) mass is 278 g/mol. The highest BCUT2D eigenvalue weighted by atomic mass is 16.5. The van der Waals surface area contributed by atoms with Crippen molar-refractivity contribution < 1.29 is 14.3 Å². The standard InChI is InChI=1S/C15H22N2O3/c1-10-3-5-12(20-10)6-8-15(18)17-11-4-7-14(19-2)13(16)9-11/h4,7,9-10,12H,3,5-6,8,16H2,1-2H3,(H,17,18). The lowest BCUT2D eigenvalue weighted by Crippen LogP contribution is -2.16. The number of rotatable bonds is 5. The van der Waals surface area contributed by atoms with Gasteiger partial charge in [-0.15, -0.1) is 0 Å². The van der Waals surface area contributed by atoms with Gasteiger partial charge in [-0.2, -0.15) is 0 Å². The summed E-state index contributed by atoms with van der Waals surface area (Å²) in [6.07, 6.45) is 3.90. The Balaban J connectivity index is 1.80. The Morgan fingerprint density at radius 3 is 2.90 bits per heavy atom. The molecule has 20 heavy (non-hydrogen) atoms. The molecule has 2 rings (SSSR count). The Morgan fingerprint density at radius 2 is 2.30 bits per heavy atom. The minimum Gasteiger partial charge on any atom is -0.495 e. The number of carbonyl (C=O) groups excluding carboxylic acids is 1. The number of anilines is 2. The highest BCUT2D eigenvalue weighted by Crippen LogP contribution is 2.25. The Kier molecular flexibility index (Phi) is 4.84. The summed E-state index contributed by atoms with van der Waals surface area (Å²) in [5.41, 5.74) is 7.00. The van der Waals surface area contributed by atoms with Crippen LogP contribution < -0.4 is 15.8 Å². The van der Waals surface area contributed by atoms with Crippen LogP contribution in [-0.2, 0) is 9.53 Å². The van der Waals surface area contributed by atoms with Gasteiger partial charge in [-0.05, 0) is 44.4 Å². The Hall–Kier alpha value is -1.75. The normalized spacial score (nSPS) is 21.7. The quantitative estimate of drug-likeness (QED) is 0.812. The first-order valence-electron chi connectivity index (χ1n) is 6.97. The zero-order valence-electron chi connectivity index (χ0n) is 12.0. The predicted octanol–water partition coefficient (Wildman–Crippen LogP) is 2.56. The van der Waals surface area contributed by atoms with E-state index < -0.39 is 0 Å². The van der Waals surface area contributed by atoms with Crippen LogP contribution in [0.2, 0.25) is 0 Å².